The van der Waals surface area contributed by atoms with E-state index in [4.69, 9.17) is 10.7 Å². The van der Waals surface area contributed by atoms with E-state index in [2.05, 4.69) is 15.0 Å². The molecule has 4 rings (SSSR count). The summed E-state index contributed by atoms with van der Waals surface area (Å²) in [5, 5.41) is 5.12. The van der Waals surface area contributed by atoms with E-state index in [1.807, 2.05) is 0 Å². The van der Waals surface area contributed by atoms with Crippen molar-refractivity contribution < 1.29 is 4.39 Å². The van der Waals surface area contributed by atoms with Gasteiger partial charge in [0.05, 0.1) is 11.1 Å². The van der Waals surface area contributed by atoms with Gasteiger partial charge in [0.2, 0.25) is 5.95 Å². The van der Waals surface area contributed by atoms with Crippen LogP contribution < -0.4 is 10.6 Å². The summed E-state index contributed by atoms with van der Waals surface area (Å²) in [6.07, 6.45) is 3.51. The van der Waals surface area contributed by atoms with Crippen molar-refractivity contribution in [2.75, 3.05) is 23.7 Å². The second kappa shape index (κ2) is 5.74. The fraction of sp³-hybridized carbons (Fsp3) is 0.353. The summed E-state index contributed by atoms with van der Waals surface area (Å²) in [6, 6.07) is 6.28. The average molecular weight is 326 g/mol. The molecule has 1 aromatic carbocycles. The molecule has 1 aliphatic rings. The number of benzene rings is 1. The molecule has 0 radical (unpaired) electrons. The van der Waals surface area contributed by atoms with E-state index in [0.717, 1.165) is 31.5 Å². The Hall–Kier alpha value is -2.70. The van der Waals surface area contributed by atoms with Gasteiger partial charge in [0.25, 0.3) is 0 Å². The molecule has 3 aromatic rings. The average Bonchev–Trinajstić information content (AvgIpc) is 2.90. The predicted octanol–water partition coefficient (Wildman–Crippen LogP) is 2.74. The second-order valence-electron chi connectivity index (χ2n) is 6.13. The lowest BCUT2D eigenvalue weighted by Crippen LogP contribution is -2.31. The molecule has 24 heavy (non-hydrogen) atoms. The molecule has 0 spiro atoms. The lowest BCUT2D eigenvalue weighted by atomic mass is 10.1. The van der Waals surface area contributed by atoms with E-state index in [9.17, 15) is 4.39 Å². The molecule has 7 heteroatoms. The minimum Gasteiger partial charge on any atom is -0.383 e. The van der Waals surface area contributed by atoms with Gasteiger partial charge in [-0.25, -0.2) is 9.37 Å². The fourth-order valence-electron chi connectivity index (χ4n) is 3.16. The van der Waals surface area contributed by atoms with Gasteiger partial charge in [0.15, 0.2) is 5.65 Å². The van der Waals surface area contributed by atoms with Crippen molar-refractivity contribution >= 4 is 22.8 Å². The molecule has 2 aromatic heterocycles. The van der Waals surface area contributed by atoms with Gasteiger partial charge in [-0.2, -0.15) is 10.1 Å². The number of nitrogens with zero attached hydrogens (tertiary/aromatic N) is 5. The summed E-state index contributed by atoms with van der Waals surface area (Å²) >= 11 is 0. The Morgan fingerprint density at radius 1 is 1.04 bits per heavy atom. The number of nitrogen functional groups attached to an aromatic ring is 1. The Labute approximate surface area is 139 Å². The van der Waals surface area contributed by atoms with Crippen LogP contribution in [0.25, 0.3) is 22.3 Å². The van der Waals surface area contributed by atoms with E-state index in [1.165, 1.54) is 18.6 Å². The number of aromatic nitrogens is 4. The van der Waals surface area contributed by atoms with Crippen LogP contribution in [0.1, 0.15) is 19.3 Å². The third-order valence-electron chi connectivity index (χ3n) is 4.48. The van der Waals surface area contributed by atoms with Gasteiger partial charge in [0.1, 0.15) is 11.6 Å². The quantitative estimate of drug-likeness (QED) is 0.784. The van der Waals surface area contributed by atoms with E-state index in [1.54, 1.807) is 23.9 Å². The number of halogens is 1. The third kappa shape index (κ3) is 2.46. The largest absolute Gasteiger partial charge is 0.383 e. The summed E-state index contributed by atoms with van der Waals surface area (Å²) in [4.78, 5) is 11.6. The number of hydrogen-bond donors (Lipinski definition) is 1. The van der Waals surface area contributed by atoms with Crippen LogP contribution in [0.3, 0.4) is 0 Å². The number of anilines is 2. The molecule has 1 aliphatic heterocycles. The Morgan fingerprint density at radius 2 is 1.75 bits per heavy atom. The number of rotatable bonds is 2. The first-order valence-corrected chi connectivity index (χ1v) is 8.14. The molecule has 6 nitrogen and oxygen atoms in total. The molecule has 3 heterocycles. The van der Waals surface area contributed by atoms with Crippen LogP contribution in [0, 0.1) is 5.82 Å². The van der Waals surface area contributed by atoms with E-state index >= 15 is 0 Å². The fourth-order valence-corrected chi connectivity index (χ4v) is 3.16. The highest BCUT2D eigenvalue weighted by Crippen LogP contribution is 2.32. The lowest BCUT2D eigenvalue weighted by molar-refractivity contribution is 0.569. The molecule has 1 fully saturated rings. The van der Waals surface area contributed by atoms with Crippen molar-refractivity contribution in [3.63, 3.8) is 0 Å². The highest BCUT2D eigenvalue weighted by molar-refractivity contribution is 5.98. The zero-order chi connectivity index (χ0) is 16.7. The number of fused-ring (bicyclic) bond motifs is 1. The zero-order valence-corrected chi connectivity index (χ0v) is 13.5. The van der Waals surface area contributed by atoms with Gasteiger partial charge in [-0.1, -0.05) is 0 Å². The summed E-state index contributed by atoms with van der Waals surface area (Å²) in [6.45, 7) is 1.88. The van der Waals surface area contributed by atoms with Crippen molar-refractivity contribution in [1.29, 1.82) is 0 Å². The number of piperidine rings is 1. The summed E-state index contributed by atoms with van der Waals surface area (Å²) in [7, 11) is 1.78. The SMILES string of the molecule is Cn1nc2nc(N3CCCCC3)nc(-c3ccc(F)cc3)c2c1N. The van der Waals surface area contributed by atoms with Gasteiger partial charge in [-0.15, -0.1) is 0 Å². The Morgan fingerprint density at radius 3 is 2.46 bits per heavy atom. The predicted molar refractivity (Wildman–Crippen MR) is 92.2 cm³/mol. The Balaban J connectivity index is 1.92. The van der Waals surface area contributed by atoms with E-state index in [-0.39, 0.29) is 5.82 Å². The van der Waals surface area contributed by atoms with Crippen LogP contribution in [0.5, 0.6) is 0 Å². The van der Waals surface area contributed by atoms with Gasteiger partial charge < -0.3 is 10.6 Å². The normalized spacial score (nSPS) is 15.2. The van der Waals surface area contributed by atoms with E-state index < -0.39 is 0 Å². The minimum atomic E-state index is -0.278. The molecule has 0 unspecified atom stereocenters. The maximum atomic E-state index is 13.3. The monoisotopic (exact) mass is 326 g/mol. The smallest absolute Gasteiger partial charge is 0.228 e. The molecule has 124 valence electrons. The Bertz CT molecular complexity index is 880. The standard InChI is InChI=1S/C17H19FN6/c1-23-15(19)13-14(11-5-7-12(18)8-6-11)20-17(21-16(13)22-23)24-9-3-2-4-10-24/h5-8H,2-4,9-10,19H2,1H3. The van der Waals surface area contributed by atoms with Gasteiger partial charge in [-0.05, 0) is 43.5 Å². The second-order valence-corrected chi connectivity index (χ2v) is 6.13. The van der Waals surface area contributed by atoms with Gasteiger partial charge in [-0.3, -0.25) is 4.68 Å². The third-order valence-corrected chi connectivity index (χ3v) is 4.48. The minimum absolute atomic E-state index is 0.278. The molecule has 0 bridgehead atoms. The van der Waals surface area contributed by atoms with Crippen molar-refractivity contribution in [2.45, 2.75) is 19.3 Å². The Kier molecular flexibility index (Phi) is 3.55. The number of aryl methyl sites for hydroxylation is 1. The van der Waals surface area contributed by atoms with Crippen LogP contribution in [-0.2, 0) is 7.05 Å². The van der Waals surface area contributed by atoms with Gasteiger partial charge >= 0.3 is 0 Å². The maximum Gasteiger partial charge on any atom is 0.228 e. The number of hydrogen-bond acceptors (Lipinski definition) is 5. The van der Waals surface area contributed by atoms with Crippen LogP contribution in [0.15, 0.2) is 24.3 Å². The molecule has 0 saturated carbocycles. The molecule has 1 saturated heterocycles. The molecular weight excluding hydrogens is 307 g/mol. The molecular formula is C17H19FN6. The van der Waals surface area contributed by atoms with Crippen molar-refractivity contribution in [1.82, 2.24) is 19.7 Å². The van der Waals surface area contributed by atoms with Crippen LogP contribution >= 0.6 is 0 Å². The number of nitrogens with two attached hydrogens (primary N) is 1. The van der Waals surface area contributed by atoms with Crippen molar-refractivity contribution in [3.05, 3.63) is 30.1 Å². The van der Waals surface area contributed by atoms with E-state index in [0.29, 0.717) is 28.5 Å². The molecule has 0 aliphatic carbocycles. The first kappa shape index (κ1) is 14.9. The first-order chi connectivity index (χ1) is 11.6. The summed E-state index contributed by atoms with van der Waals surface area (Å²) in [5.74, 6) is 0.897. The maximum absolute atomic E-state index is 13.3. The highest BCUT2D eigenvalue weighted by atomic mass is 19.1. The summed E-state index contributed by atoms with van der Waals surface area (Å²) in [5.41, 5.74) is 8.25. The van der Waals surface area contributed by atoms with Crippen LogP contribution in [0.2, 0.25) is 0 Å². The van der Waals surface area contributed by atoms with Crippen LogP contribution in [0.4, 0.5) is 16.2 Å². The summed E-state index contributed by atoms with van der Waals surface area (Å²) < 4.78 is 14.9. The van der Waals surface area contributed by atoms with Crippen LogP contribution in [-0.4, -0.2) is 32.8 Å². The molecule has 0 atom stereocenters. The highest BCUT2D eigenvalue weighted by Gasteiger charge is 2.20. The topological polar surface area (TPSA) is 72.9 Å². The van der Waals surface area contributed by atoms with Gasteiger partial charge in [0, 0.05) is 25.7 Å². The molecule has 2 N–H and O–H groups in total. The van der Waals surface area contributed by atoms with Crippen molar-refractivity contribution in [3.8, 4) is 11.3 Å². The lowest BCUT2D eigenvalue weighted by Gasteiger charge is -2.26. The zero-order valence-electron chi connectivity index (χ0n) is 13.5. The van der Waals surface area contributed by atoms with Crippen molar-refractivity contribution in [2.24, 2.45) is 7.05 Å². The first-order valence-electron chi connectivity index (χ1n) is 8.14. The molecule has 0 amide bonds.